The molecule has 166 valence electrons. The number of rotatable bonds is 4. The molecular formula is C20H9F3N4O6. The molecule has 3 aromatic rings. The Morgan fingerprint density at radius 1 is 0.727 bits per heavy atom. The van der Waals surface area contributed by atoms with Crippen LogP contribution in [0.3, 0.4) is 0 Å². The first-order valence-electron chi connectivity index (χ1n) is 9.00. The van der Waals surface area contributed by atoms with Crippen molar-refractivity contribution < 1.29 is 27.9 Å². The molecule has 0 amide bonds. The molecule has 0 saturated carbocycles. The maximum atomic E-state index is 13.5. The SMILES string of the molecule is O=[N+]([O-])c1ccc2c(c1)C(=Nc1ccccc1C(F)(F)F)c1cc([N+](=O)[O-])cc([N+](=O)[O-])c1-2. The monoisotopic (exact) mass is 458 g/mol. The van der Waals surface area contributed by atoms with Gasteiger partial charge in [0.2, 0.25) is 0 Å². The van der Waals surface area contributed by atoms with Crippen molar-refractivity contribution >= 4 is 28.5 Å². The molecular weight excluding hydrogens is 449 g/mol. The fourth-order valence-corrected chi connectivity index (χ4v) is 3.59. The predicted molar refractivity (Wildman–Crippen MR) is 109 cm³/mol. The van der Waals surface area contributed by atoms with Crippen LogP contribution < -0.4 is 0 Å². The fraction of sp³-hybridized carbons (Fsp3) is 0.0500. The third-order valence-electron chi connectivity index (χ3n) is 4.95. The highest BCUT2D eigenvalue weighted by Gasteiger charge is 2.37. The molecule has 33 heavy (non-hydrogen) atoms. The summed E-state index contributed by atoms with van der Waals surface area (Å²) in [6.45, 7) is 0. The Bertz CT molecular complexity index is 1400. The number of hydrogen-bond acceptors (Lipinski definition) is 7. The van der Waals surface area contributed by atoms with Crippen LogP contribution in [0.1, 0.15) is 16.7 Å². The van der Waals surface area contributed by atoms with Crippen molar-refractivity contribution in [2.45, 2.75) is 6.18 Å². The van der Waals surface area contributed by atoms with Crippen molar-refractivity contribution in [3.05, 3.63) is 102 Å². The minimum Gasteiger partial charge on any atom is -0.258 e. The number of nitro groups is 3. The van der Waals surface area contributed by atoms with E-state index in [4.69, 9.17) is 0 Å². The molecule has 10 nitrogen and oxygen atoms in total. The van der Waals surface area contributed by atoms with Gasteiger partial charge in [0.15, 0.2) is 0 Å². The smallest absolute Gasteiger partial charge is 0.258 e. The lowest BCUT2D eigenvalue weighted by atomic mass is 10.0. The summed E-state index contributed by atoms with van der Waals surface area (Å²) in [5.74, 6) is 0. The molecule has 1 aliphatic rings. The molecule has 0 saturated heterocycles. The summed E-state index contributed by atoms with van der Waals surface area (Å²) in [6, 6.07) is 9.21. The van der Waals surface area contributed by atoms with Crippen molar-refractivity contribution in [3.8, 4) is 11.1 Å². The molecule has 0 aliphatic heterocycles. The highest BCUT2D eigenvalue weighted by Crippen LogP contribution is 2.47. The number of nitro benzene ring substituents is 3. The molecule has 0 atom stereocenters. The van der Waals surface area contributed by atoms with Gasteiger partial charge in [-0.1, -0.05) is 12.1 Å². The summed E-state index contributed by atoms with van der Waals surface area (Å²) in [7, 11) is 0. The van der Waals surface area contributed by atoms with Crippen LogP contribution in [0.4, 0.5) is 35.9 Å². The first kappa shape index (κ1) is 21.5. The van der Waals surface area contributed by atoms with E-state index >= 15 is 0 Å². The minimum absolute atomic E-state index is 0.0558. The van der Waals surface area contributed by atoms with Crippen LogP contribution in [0.15, 0.2) is 59.6 Å². The summed E-state index contributed by atoms with van der Waals surface area (Å²) in [4.78, 5) is 35.8. The Morgan fingerprint density at radius 2 is 1.36 bits per heavy atom. The third kappa shape index (κ3) is 3.64. The molecule has 0 bridgehead atoms. The van der Waals surface area contributed by atoms with Gasteiger partial charge in [-0.25, -0.2) is 4.99 Å². The van der Waals surface area contributed by atoms with Crippen LogP contribution in [0.5, 0.6) is 0 Å². The average molecular weight is 458 g/mol. The van der Waals surface area contributed by atoms with E-state index in [1.165, 1.54) is 12.1 Å². The van der Waals surface area contributed by atoms with Crippen LogP contribution in [-0.2, 0) is 6.18 Å². The normalized spacial score (nSPS) is 13.5. The summed E-state index contributed by atoms with van der Waals surface area (Å²) in [5.41, 5.74) is -4.02. The molecule has 0 N–H and O–H groups in total. The van der Waals surface area contributed by atoms with Gasteiger partial charge >= 0.3 is 6.18 Å². The average Bonchev–Trinajstić information content (AvgIpc) is 3.05. The zero-order valence-corrected chi connectivity index (χ0v) is 16.1. The molecule has 0 fully saturated rings. The second kappa shape index (κ2) is 7.47. The molecule has 0 aromatic heterocycles. The Morgan fingerprint density at radius 3 is 1.97 bits per heavy atom. The number of benzene rings is 3. The lowest BCUT2D eigenvalue weighted by molar-refractivity contribution is -0.393. The van der Waals surface area contributed by atoms with Crippen molar-refractivity contribution in [3.63, 3.8) is 0 Å². The molecule has 1 aliphatic carbocycles. The molecule has 0 radical (unpaired) electrons. The number of aliphatic imine (C=N–C) groups is 1. The molecule has 0 heterocycles. The highest BCUT2D eigenvalue weighted by atomic mass is 19.4. The second-order valence-corrected chi connectivity index (χ2v) is 6.86. The Labute approximate surface area is 181 Å². The summed E-state index contributed by atoms with van der Waals surface area (Å²) >= 11 is 0. The Hall–Kier alpha value is -4.68. The maximum absolute atomic E-state index is 13.5. The number of hydrogen-bond donors (Lipinski definition) is 0. The van der Waals surface area contributed by atoms with Crippen LogP contribution in [0, 0.1) is 30.3 Å². The van der Waals surface area contributed by atoms with E-state index in [0.717, 1.165) is 42.5 Å². The van der Waals surface area contributed by atoms with Gasteiger partial charge in [0.25, 0.3) is 17.1 Å². The Balaban J connectivity index is 2.11. The quantitative estimate of drug-likeness (QED) is 0.289. The Kier molecular flexibility index (Phi) is 4.88. The molecule has 13 heteroatoms. The number of non-ortho nitro benzene ring substituents is 2. The number of fused-ring (bicyclic) bond motifs is 3. The van der Waals surface area contributed by atoms with E-state index in [1.807, 2.05) is 0 Å². The minimum atomic E-state index is -4.79. The van der Waals surface area contributed by atoms with E-state index < -0.39 is 49.3 Å². The van der Waals surface area contributed by atoms with Crippen LogP contribution >= 0.6 is 0 Å². The van der Waals surface area contributed by atoms with E-state index in [2.05, 4.69) is 4.99 Å². The fourth-order valence-electron chi connectivity index (χ4n) is 3.59. The molecule has 3 aromatic carbocycles. The van der Waals surface area contributed by atoms with Gasteiger partial charge in [0.1, 0.15) is 0 Å². The first-order valence-corrected chi connectivity index (χ1v) is 9.00. The van der Waals surface area contributed by atoms with E-state index in [9.17, 15) is 43.5 Å². The number of nitrogens with zero attached hydrogens (tertiary/aromatic N) is 4. The van der Waals surface area contributed by atoms with Crippen molar-refractivity contribution in [2.24, 2.45) is 4.99 Å². The van der Waals surface area contributed by atoms with Gasteiger partial charge in [0, 0.05) is 29.3 Å². The summed E-state index contributed by atoms with van der Waals surface area (Å²) in [6.07, 6.45) is -4.79. The van der Waals surface area contributed by atoms with Gasteiger partial charge in [0.05, 0.1) is 43.4 Å². The van der Waals surface area contributed by atoms with Crippen LogP contribution in [-0.4, -0.2) is 20.5 Å². The lowest BCUT2D eigenvalue weighted by Gasteiger charge is -2.10. The molecule has 0 unspecified atom stereocenters. The van der Waals surface area contributed by atoms with Crippen LogP contribution in [0.25, 0.3) is 11.1 Å². The second-order valence-electron chi connectivity index (χ2n) is 6.86. The number of halogens is 3. The molecule has 4 rings (SSSR count). The van der Waals surface area contributed by atoms with Crippen molar-refractivity contribution in [1.29, 1.82) is 0 Å². The summed E-state index contributed by atoms with van der Waals surface area (Å²) < 4.78 is 40.5. The van der Waals surface area contributed by atoms with Gasteiger partial charge in [-0.05, 0) is 23.8 Å². The van der Waals surface area contributed by atoms with Gasteiger partial charge in [-0.3, -0.25) is 30.3 Å². The maximum Gasteiger partial charge on any atom is 0.418 e. The van der Waals surface area contributed by atoms with Gasteiger partial charge in [-0.15, -0.1) is 0 Å². The van der Waals surface area contributed by atoms with Crippen molar-refractivity contribution in [1.82, 2.24) is 0 Å². The number of para-hydroxylation sites is 1. The van der Waals surface area contributed by atoms with E-state index in [-0.39, 0.29) is 28.0 Å². The predicted octanol–water partition coefficient (Wildman–Crippen LogP) is 5.58. The molecule has 0 spiro atoms. The zero-order chi connectivity index (χ0) is 24.1. The van der Waals surface area contributed by atoms with E-state index in [1.54, 1.807) is 0 Å². The lowest BCUT2D eigenvalue weighted by Crippen LogP contribution is -2.06. The third-order valence-corrected chi connectivity index (χ3v) is 4.95. The topological polar surface area (TPSA) is 142 Å². The van der Waals surface area contributed by atoms with Crippen molar-refractivity contribution in [2.75, 3.05) is 0 Å². The summed E-state index contributed by atoms with van der Waals surface area (Å²) in [5, 5.41) is 34.3. The zero-order valence-electron chi connectivity index (χ0n) is 16.1. The largest absolute Gasteiger partial charge is 0.418 e. The standard InChI is InChI=1S/C20H9F3N4O6/c21-20(22,23)15-3-1-2-4-16(15)24-19-13-7-10(25(28)29)5-6-12(13)18-14(19)8-11(26(30)31)9-17(18)27(32)33/h1-9H. The first-order chi connectivity index (χ1) is 15.5. The van der Waals surface area contributed by atoms with Gasteiger partial charge < -0.3 is 0 Å². The van der Waals surface area contributed by atoms with Crippen LogP contribution in [0.2, 0.25) is 0 Å². The highest BCUT2D eigenvalue weighted by molar-refractivity contribution is 6.27. The van der Waals surface area contributed by atoms with E-state index in [0.29, 0.717) is 0 Å². The van der Waals surface area contributed by atoms with Gasteiger partial charge in [-0.2, -0.15) is 13.2 Å². The number of alkyl halides is 3.